The number of carbonyl (C=O) groups is 2. The summed E-state index contributed by atoms with van der Waals surface area (Å²) in [5.41, 5.74) is 8.07. The molecule has 0 spiro atoms. The van der Waals surface area contributed by atoms with Crippen molar-refractivity contribution in [2.24, 2.45) is 0 Å². The lowest BCUT2D eigenvalue weighted by Crippen LogP contribution is -2.37. The number of aliphatic carboxylic acids is 1. The van der Waals surface area contributed by atoms with Gasteiger partial charge in [-0.2, -0.15) is 0 Å². The molecule has 0 saturated carbocycles. The fourth-order valence-electron chi connectivity index (χ4n) is 11.4. The molecule has 0 radical (unpaired) electrons. The summed E-state index contributed by atoms with van der Waals surface area (Å²) in [6, 6.07) is 70.5. The first-order chi connectivity index (χ1) is 42.6. The van der Waals surface area contributed by atoms with Gasteiger partial charge in [-0.25, -0.2) is 9.97 Å². The highest BCUT2D eigenvalue weighted by atomic mass is 16.5. The third-order valence-electron chi connectivity index (χ3n) is 15.9. The lowest BCUT2D eigenvalue weighted by Gasteiger charge is -2.29. The van der Waals surface area contributed by atoms with Crippen LogP contribution in [-0.2, 0) is 40.3 Å². The lowest BCUT2D eigenvalue weighted by atomic mass is 10.0. The number of carboxylic acid groups (broad SMARTS) is 1. The molecule has 12 rings (SSSR count). The van der Waals surface area contributed by atoms with Crippen LogP contribution in [0.25, 0.3) is 22.9 Å². The summed E-state index contributed by atoms with van der Waals surface area (Å²) in [6.45, 7) is 5.98. The van der Waals surface area contributed by atoms with Crippen LogP contribution in [0.15, 0.2) is 227 Å². The molecule has 2 aliphatic rings. The number of aryl methyl sites for hydroxylation is 2. The highest BCUT2D eigenvalue weighted by molar-refractivity contribution is 5.76. The van der Waals surface area contributed by atoms with Crippen molar-refractivity contribution < 1.29 is 47.2 Å². The number of oxazole rings is 2. The second-order valence-electron chi connectivity index (χ2n) is 21.7. The molecular weight excluding hydrogens is 1090 g/mol. The minimum Gasteiger partial charge on any atom is -0.493 e. The van der Waals surface area contributed by atoms with Gasteiger partial charge in [0.1, 0.15) is 58.1 Å². The SMILES string of the molecule is COC(=O)[C@H]1CC[C@H](c2ccc(OCCc3nc(-c4ccccc4)oc3C)cc2)N1Cc1ccc(Oc2ccccc2)cc1.Cc1oc(-c2ccccc2)nc1CCOc1ccc([C@H]2CC[C@H](C(=O)O)N2Cc2ccc(Oc3ccccc3)cc2)cc1. The Morgan fingerprint density at radius 2 is 0.816 bits per heavy atom. The van der Waals surface area contributed by atoms with Gasteiger partial charge in [0.15, 0.2) is 0 Å². The molecule has 0 unspecified atom stereocenters. The predicted octanol–water partition coefficient (Wildman–Crippen LogP) is 15.8. The van der Waals surface area contributed by atoms with Crippen LogP contribution >= 0.6 is 0 Å². The number of carbonyl (C=O) groups excluding carboxylic acids is 1. The smallest absolute Gasteiger partial charge is 0.323 e. The first-order valence-electron chi connectivity index (χ1n) is 29.6. The maximum atomic E-state index is 12.7. The van der Waals surface area contributed by atoms with Crippen molar-refractivity contribution in [2.75, 3.05) is 20.3 Å². The first-order valence-corrected chi connectivity index (χ1v) is 29.6. The van der Waals surface area contributed by atoms with Gasteiger partial charge in [-0.3, -0.25) is 19.4 Å². The van der Waals surface area contributed by atoms with Crippen molar-refractivity contribution in [3.63, 3.8) is 0 Å². The van der Waals surface area contributed by atoms with Crippen LogP contribution in [-0.4, -0.2) is 69.2 Å². The molecule has 87 heavy (non-hydrogen) atoms. The fourth-order valence-corrected chi connectivity index (χ4v) is 11.4. The molecule has 4 heterocycles. The van der Waals surface area contributed by atoms with E-state index in [9.17, 15) is 14.7 Å². The Bertz CT molecular complexity index is 3790. The number of methoxy groups -OCH3 is 1. The zero-order valence-corrected chi connectivity index (χ0v) is 49.1. The maximum Gasteiger partial charge on any atom is 0.323 e. The van der Waals surface area contributed by atoms with Gasteiger partial charge in [0, 0.05) is 49.1 Å². The van der Waals surface area contributed by atoms with E-state index >= 15 is 0 Å². The van der Waals surface area contributed by atoms with Crippen LogP contribution in [0.3, 0.4) is 0 Å². The van der Waals surface area contributed by atoms with E-state index in [-0.39, 0.29) is 24.1 Å². The normalized spacial score (nSPS) is 16.6. The van der Waals surface area contributed by atoms with Crippen molar-refractivity contribution in [2.45, 2.75) is 89.6 Å². The quantitative estimate of drug-likeness (QED) is 0.0639. The summed E-state index contributed by atoms with van der Waals surface area (Å²) < 4.78 is 40.9. The number of nitrogens with zero attached hydrogens (tertiary/aromatic N) is 4. The summed E-state index contributed by atoms with van der Waals surface area (Å²) >= 11 is 0. The van der Waals surface area contributed by atoms with Gasteiger partial charge in [0.25, 0.3) is 0 Å². The number of benzene rings is 8. The molecule has 0 bridgehead atoms. The van der Waals surface area contributed by atoms with E-state index in [1.807, 2.05) is 208 Å². The Kier molecular flexibility index (Phi) is 19.3. The number of rotatable bonds is 22. The Hall–Kier alpha value is -9.76. The molecule has 2 fully saturated rings. The third-order valence-corrected chi connectivity index (χ3v) is 15.9. The molecule has 14 heteroatoms. The van der Waals surface area contributed by atoms with Crippen LogP contribution in [0, 0.1) is 13.8 Å². The minimum absolute atomic E-state index is 0.00424. The molecule has 442 valence electrons. The van der Waals surface area contributed by atoms with E-state index in [2.05, 4.69) is 44.0 Å². The molecular formula is C73H70N4O10. The number of ether oxygens (including phenoxy) is 5. The zero-order chi connectivity index (χ0) is 59.9. The van der Waals surface area contributed by atoms with E-state index in [1.165, 1.54) is 7.11 Å². The van der Waals surface area contributed by atoms with Gasteiger partial charge in [0.2, 0.25) is 11.8 Å². The second-order valence-corrected chi connectivity index (χ2v) is 21.7. The average Bonchev–Trinajstić information content (AvgIpc) is 4.55. The van der Waals surface area contributed by atoms with Gasteiger partial charge in [0.05, 0.1) is 31.7 Å². The second kappa shape index (κ2) is 28.4. The van der Waals surface area contributed by atoms with E-state index in [4.69, 9.17) is 32.5 Å². The number of hydrogen-bond acceptors (Lipinski definition) is 13. The van der Waals surface area contributed by atoms with E-state index in [0.717, 1.165) is 110 Å². The number of aromatic nitrogens is 2. The summed E-state index contributed by atoms with van der Waals surface area (Å²) in [7, 11) is 1.46. The lowest BCUT2D eigenvalue weighted by molar-refractivity contribution is -0.146. The summed E-state index contributed by atoms with van der Waals surface area (Å²) in [4.78, 5) is 38.5. The monoisotopic (exact) mass is 1160 g/mol. The standard InChI is InChI=1S/C37H36N2O5.C36H34N2O5/c1-26-33(38-36(43-26)29-9-5-3-6-10-29)23-24-42-30-19-15-28(16-20-30)34-21-22-35(37(40)41-2)39(34)25-27-13-17-32(18-14-27)44-31-11-7-4-8-12-31;1-25-32(37-35(42-25)28-8-4-2-5-9-28)22-23-41-29-18-14-27(15-19-29)33-20-21-34(36(39)40)38(33)24-26-12-16-31(17-13-26)43-30-10-6-3-7-11-30/h3-20,34-35H,21-25H2,1-2H3;2-19,33-34H,20-24H2,1H3,(H,39,40)/t34-,35-;33-,34-/m11/s1. The average molecular weight is 1160 g/mol. The van der Waals surface area contributed by atoms with Crippen molar-refractivity contribution in [1.29, 1.82) is 0 Å². The summed E-state index contributed by atoms with van der Waals surface area (Å²) in [5.74, 6) is 6.51. The van der Waals surface area contributed by atoms with Gasteiger partial charge in [-0.1, -0.05) is 121 Å². The topological polar surface area (TPSA) is 159 Å². The van der Waals surface area contributed by atoms with Crippen molar-refractivity contribution in [3.8, 4) is 57.4 Å². The van der Waals surface area contributed by atoms with Gasteiger partial charge >= 0.3 is 11.9 Å². The number of likely N-dealkylation sites (tertiary alicyclic amines) is 2. The largest absolute Gasteiger partial charge is 0.493 e. The van der Waals surface area contributed by atoms with Crippen LogP contribution in [0.5, 0.6) is 34.5 Å². The Labute approximate surface area is 507 Å². The van der Waals surface area contributed by atoms with Crippen molar-refractivity contribution >= 4 is 11.9 Å². The third kappa shape index (κ3) is 15.2. The number of hydrogen-bond donors (Lipinski definition) is 1. The number of carboxylic acids is 1. The molecule has 1 N–H and O–H groups in total. The van der Waals surface area contributed by atoms with Crippen molar-refractivity contribution in [3.05, 3.63) is 264 Å². The van der Waals surface area contributed by atoms with Gasteiger partial charge in [-0.15, -0.1) is 0 Å². The van der Waals surface area contributed by atoms with E-state index in [0.29, 0.717) is 57.3 Å². The van der Waals surface area contributed by atoms with E-state index < -0.39 is 12.0 Å². The van der Waals surface area contributed by atoms with Crippen LogP contribution in [0.2, 0.25) is 0 Å². The Morgan fingerprint density at radius 3 is 1.21 bits per heavy atom. The molecule has 8 aromatic carbocycles. The molecule has 4 atom stereocenters. The first kappa shape index (κ1) is 59.0. The van der Waals surface area contributed by atoms with Crippen LogP contribution in [0.1, 0.15) is 82.9 Å². The molecule has 2 aromatic heterocycles. The molecule has 0 amide bonds. The fraction of sp³-hybridized carbons (Fsp3) is 0.233. The van der Waals surface area contributed by atoms with Crippen molar-refractivity contribution in [1.82, 2.24) is 19.8 Å². The zero-order valence-electron chi connectivity index (χ0n) is 49.1. The highest BCUT2D eigenvalue weighted by Gasteiger charge is 2.40. The summed E-state index contributed by atoms with van der Waals surface area (Å²) in [6.07, 6.45) is 4.28. The molecule has 2 aliphatic heterocycles. The predicted molar refractivity (Wildman–Crippen MR) is 333 cm³/mol. The summed E-state index contributed by atoms with van der Waals surface area (Å²) in [5, 5.41) is 9.96. The molecule has 0 aliphatic carbocycles. The number of esters is 1. The molecule has 10 aromatic rings. The molecule has 2 saturated heterocycles. The minimum atomic E-state index is -0.787. The van der Waals surface area contributed by atoms with E-state index in [1.54, 1.807) is 0 Å². The number of para-hydroxylation sites is 2. The Balaban J connectivity index is 0.000000180. The maximum absolute atomic E-state index is 12.7. The van der Waals surface area contributed by atoms with Crippen LogP contribution in [0.4, 0.5) is 0 Å². The molecule has 14 nitrogen and oxygen atoms in total. The van der Waals surface area contributed by atoms with Gasteiger partial charge < -0.3 is 37.6 Å². The Morgan fingerprint density at radius 1 is 0.460 bits per heavy atom. The highest BCUT2D eigenvalue weighted by Crippen LogP contribution is 2.41. The van der Waals surface area contributed by atoms with Gasteiger partial charge in [-0.05, 0) is 159 Å². The van der Waals surface area contributed by atoms with Crippen LogP contribution < -0.4 is 18.9 Å².